The van der Waals surface area contributed by atoms with Gasteiger partial charge in [0, 0.05) is 23.5 Å². The molecule has 23 heavy (non-hydrogen) atoms. The predicted octanol–water partition coefficient (Wildman–Crippen LogP) is 3.21. The molecule has 130 valence electrons. The molecular formula is C15H23Cl2N3O2S. The smallest absolute Gasteiger partial charge is 0.227 e. The average Bonchev–Trinajstić information content (AvgIpc) is 3.07. The first kappa shape index (κ1) is 21.9. The van der Waals surface area contributed by atoms with Crippen LogP contribution in [0.25, 0.3) is 11.5 Å². The van der Waals surface area contributed by atoms with Crippen molar-refractivity contribution in [2.24, 2.45) is 0 Å². The van der Waals surface area contributed by atoms with E-state index in [1.165, 1.54) is 0 Å². The summed E-state index contributed by atoms with van der Waals surface area (Å²) in [6.45, 7) is 7.43. The molecule has 1 amide bonds. The van der Waals surface area contributed by atoms with Crippen molar-refractivity contribution in [3.63, 3.8) is 0 Å². The number of likely N-dealkylation sites (N-methyl/N-ethyl adjacent to an activating group) is 1. The number of hydrogen-bond acceptors (Lipinski definition) is 5. The van der Waals surface area contributed by atoms with Gasteiger partial charge < -0.3 is 15.1 Å². The van der Waals surface area contributed by atoms with Crippen LogP contribution in [-0.2, 0) is 11.2 Å². The van der Waals surface area contributed by atoms with E-state index in [1.54, 1.807) is 11.3 Å². The minimum Gasteiger partial charge on any atom is -0.441 e. The lowest BCUT2D eigenvalue weighted by atomic mass is 10.2. The largest absolute Gasteiger partial charge is 0.441 e. The van der Waals surface area contributed by atoms with Gasteiger partial charge in [0.05, 0.1) is 12.1 Å². The highest BCUT2D eigenvalue weighted by Gasteiger charge is 2.15. The standard InChI is InChI=1S/C15H21N3O2S.2ClH/c1-4-16-10(2)8-17-14(19)7-13-11(3)20-15(18-13)12-5-6-21-9-12;;/h5-6,9-10,16H,4,7-8H2,1-3H3,(H,17,19);2*1H/t10-;;/m1../s1. The number of amides is 1. The highest BCUT2D eigenvalue weighted by atomic mass is 35.5. The SMILES string of the molecule is CCN[C@H](C)CNC(=O)Cc1nc(-c2ccsc2)oc1C.Cl.Cl. The van der Waals surface area contributed by atoms with Gasteiger partial charge in [0.2, 0.25) is 11.8 Å². The number of hydrogen-bond donors (Lipinski definition) is 2. The fourth-order valence-electron chi connectivity index (χ4n) is 2.00. The van der Waals surface area contributed by atoms with E-state index in [2.05, 4.69) is 15.6 Å². The van der Waals surface area contributed by atoms with E-state index in [9.17, 15) is 4.79 Å². The van der Waals surface area contributed by atoms with Crippen LogP contribution in [0.3, 0.4) is 0 Å². The molecule has 0 bridgehead atoms. The van der Waals surface area contributed by atoms with E-state index in [0.29, 0.717) is 23.9 Å². The highest BCUT2D eigenvalue weighted by molar-refractivity contribution is 7.08. The van der Waals surface area contributed by atoms with Gasteiger partial charge in [-0.25, -0.2) is 4.98 Å². The fraction of sp³-hybridized carbons (Fsp3) is 0.467. The first-order chi connectivity index (χ1) is 10.1. The first-order valence-electron chi connectivity index (χ1n) is 7.09. The van der Waals surface area contributed by atoms with Gasteiger partial charge in [0.1, 0.15) is 5.76 Å². The van der Waals surface area contributed by atoms with Crippen molar-refractivity contribution in [3.8, 4) is 11.5 Å². The molecule has 2 rings (SSSR count). The van der Waals surface area contributed by atoms with Crippen LogP contribution < -0.4 is 10.6 Å². The monoisotopic (exact) mass is 379 g/mol. The summed E-state index contributed by atoms with van der Waals surface area (Å²) in [7, 11) is 0. The zero-order valence-corrected chi connectivity index (χ0v) is 15.9. The van der Waals surface area contributed by atoms with E-state index in [-0.39, 0.29) is 43.2 Å². The summed E-state index contributed by atoms with van der Waals surface area (Å²) in [5.74, 6) is 1.25. The second-order valence-corrected chi connectivity index (χ2v) is 5.75. The molecule has 0 aliphatic heterocycles. The third-order valence-electron chi connectivity index (χ3n) is 3.15. The molecule has 0 radical (unpaired) electrons. The van der Waals surface area contributed by atoms with Crippen molar-refractivity contribution in [3.05, 3.63) is 28.3 Å². The van der Waals surface area contributed by atoms with Crippen LogP contribution >= 0.6 is 36.2 Å². The Bertz CT molecular complexity index is 588. The number of rotatable bonds is 7. The van der Waals surface area contributed by atoms with Crippen LogP contribution in [0.15, 0.2) is 21.2 Å². The molecule has 0 aliphatic carbocycles. The van der Waals surface area contributed by atoms with Gasteiger partial charge in [-0.2, -0.15) is 11.3 Å². The van der Waals surface area contributed by atoms with Crippen LogP contribution in [0.2, 0.25) is 0 Å². The Morgan fingerprint density at radius 1 is 1.43 bits per heavy atom. The minimum atomic E-state index is -0.0342. The van der Waals surface area contributed by atoms with Crippen LogP contribution in [-0.4, -0.2) is 30.0 Å². The summed E-state index contributed by atoms with van der Waals surface area (Å²) in [6, 6.07) is 2.22. The Morgan fingerprint density at radius 3 is 2.78 bits per heavy atom. The summed E-state index contributed by atoms with van der Waals surface area (Å²) in [6.07, 6.45) is 0.248. The second-order valence-electron chi connectivity index (χ2n) is 4.97. The topological polar surface area (TPSA) is 67.2 Å². The van der Waals surface area contributed by atoms with Crippen molar-refractivity contribution in [2.45, 2.75) is 33.2 Å². The van der Waals surface area contributed by atoms with Crippen molar-refractivity contribution >= 4 is 42.1 Å². The number of aryl methyl sites for hydroxylation is 1. The lowest BCUT2D eigenvalue weighted by Crippen LogP contribution is -2.39. The maximum Gasteiger partial charge on any atom is 0.227 e. The molecule has 0 saturated carbocycles. The lowest BCUT2D eigenvalue weighted by molar-refractivity contribution is -0.120. The number of nitrogens with zero attached hydrogens (tertiary/aromatic N) is 1. The molecule has 2 aromatic heterocycles. The molecule has 0 spiro atoms. The van der Waals surface area contributed by atoms with Gasteiger partial charge in [-0.1, -0.05) is 6.92 Å². The molecule has 0 saturated heterocycles. The number of oxazole rings is 1. The molecule has 1 atom stereocenters. The molecule has 2 N–H and O–H groups in total. The minimum absolute atomic E-state index is 0. The molecular weight excluding hydrogens is 357 g/mol. The third-order valence-corrected chi connectivity index (χ3v) is 3.83. The van der Waals surface area contributed by atoms with Gasteiger partial charge >= 0.3 is 0 Å². The first-order valence-corrected chi connectivity index (χ1v) is 8.03. The number of thiophene rings is 1. The zero-order valence-electron chi connectivity index (χ0n) is 13.4. The molecule has 5 nitrogen and oxygen atoms in total. The Balaban J connectivity index is 0.00000242. The van der Waals surface area contributed by atoms with Gasteiger partial charge in [0.25, 0.3) is 0 Å². The number of carbonyl (C=O) groups excluding carboxylic acids is 1. The number of carbonyl (C=O) groups is 1. The quantitative estimate of drug-likeness (QED) is 0.774. The number of aromatic nitrogens is 1. The van der Waals surface area contributed by atoms with E-state index in [4.69, 9.17) is 4.42 Å². The van der Waals surface area contributed by atoms with E-state index >= 15 is 0 Å². The van der Waals surface area contributed by atoms with E-state index in [1.807, 2.05) is 37.6 Å². The normalized spacial score (nSPS) is 11.3. The average molecular weight is 380 g/mol. The summed E-state index contributed by atoms with van der Waals surface area (Å²) >= 11 is 1.59. The Morgan fingerprint density at radius 2 is 2.17 bits per heavy atom. The molecule has 2 aromatic rings. The Kier molecular flexibility index (Phi) is 10.1. The van der Waals surface area contributed by atoms with Crippen LogP contribution in [0.1, 0.15) is 25.3 Å². The van der Waals surface area contributed by atoms with Crippen molar-refractivity contribution in [2.75, 3.05) is 13.1 Å². The third kappa shape index (κ3) is 6.51. The number of nitrogens with one attached hydrogen (secondary N) is 2. The summed E-state index contributed by atoms with van der Waals surface area (Å²) < 4.78 is 5.63. The van der Waals surface area contributed by atoms with Gasteiger partial charge in [-0.15, -0.1) is 24.8 Å². The fourth-order valence-corrected chi connectivity index (χ4v) is 2.63. The van der Waals surface area contributed by atoms with Gasteiger partial charge in [-0.3, -0.25) is 4.79 Å². The zero-order chi connectivity index (χ0) is 15.2. The maximum absolute atomic E-state index is 12.0. The summed E-state index contributed by atoms with van der Waals surface area (Å²) in [4.78, 5) is 16.4. The lowest BCUT2D eigenvalue weighted by Gasteiger charge is -2.12. The summed E-state index contributed by atoms with van der Waals surface area (Å²) in [5, 5.41) is 10.1. The Labute approximate surface area is 153 Å². The molecule has 0 fully saturated rings. The summed E-state index contributed by atoms with van der Waals surface area (Å²) in [5.41, 5.74) is 1.65. The van der Waals surface area contributed by atoms with Crippen molar-refractivity contribution < 1.29 is 9.21 Å². The molecule has 8 heteroatoms. The van der Waals surface area contributed by atoms with Crippen LogP contribution in [0.4, 0.5) is 0 Å². The van der Waals surface area contributed by atoms with Crippen molar-refractivity contribution in [1.82, 2.24) is 15.6 Å². The van der Waals surface area contributed by atoms with E-state index < -0.39 is 0 Å². The molecule has 0 aromatic carbocycles. The van der Waals surface area contributed by atoms with Crippen LogP contribution in [0, 0.1) is 6.92 Å². The Hall–Kier alpha value is -1.08. The molecule has 0 aliphatic rings. The predicted molar refractivity (Wildman–Crippen MR) is 98.9 cm³/mol. The highest BCUT2D eigenvalue weighted by Crippen LogP contribution is 2.23. The van der Waals surface area contributed by atoms with Gasteiger partial charge in [0.15, 0.2) is 0 Å². The molecule has 0 unspecified atom stereocenters. The van der Waals surface area contributed by atoms with Crippen molar-refractivity contribution in [1.29, 1.82) is 0 Å². The second kappa shape index (κ2) is 10.6. The maximum atomic E-state index is 12.0. The molecule has 2 heterocycles. The van der Waals surface area contributed by atoms with E-state index in [0.717, 1.165) is 12.1 Å². The van der Waals surface area contributed by atoms with Gasteiger partial charge in [-0.05, 0) is 31.8 Å². The number of halogens is 2. The van der Waals surface area contributed by atoms with Crippen LogP contribution in [0.5, 0.6) is 0 Å².